The first kappa shape index (κ1) is 22.2. The summed E-state index contributed by atoms with van der Waals surface area (Å²) in [6.45, 7) is 3.53. The van der Waals surface area contributed by atoms with Gasteiger partial charge in [-0.1, -0.05) is 43.9 Å². The van der Waals surface area contributed by atoms with Crippen molar-refractivity contribution >= 4 is 29.6 Å². The molecule has 0 spiro atoms. The van der Waals surface area contributed by atoms with Crippen LogP contribution in [-0.2, 0) is 14.3 Å². The predicted molar refractivity (Wildman–Crippen MR) is 112 cm³/mol. The fraction of sp³-hybridized carbons (Fsp3) is 0.500. The van der Waals surface area contributed by atoms with E-state index < -0.39 is 24.0 Å². The number of allylic oxidation sites excluding steroid dienone is 1. The van der Waals surface area contributed by atoms with Gasteiger partial charge in [-0.15, -0.1) is 0 Å². The van der Waals surface area contributed by atoms with Crippen molar-refractivity contribution in [2.24, 2.45) is 5.92 Å². The Kier molecular flexibility index (Phi) is 7.37. The molecule has 0 aromatic heterocycles. The lowest BCUT2D eigenvalue weighted by atomic mass is 9.90. The molecular formula is C22H27ClN2O5. The first-order chi connectivity index (χ1) is 14.4. The van der Waals surface area contributed by atoms with Crippen LogP contribution in [0.2, 0.25) is 5.02 Å². The molecule has 1 saturated carbocycles. The summed E-state index contributed by atoms with van der Waals surface area (Å²) >= 11 is 6.25. The van der Waals surface area contributed by atoms with Crippen LogP contribution in [0.3, 0.4) is 0 Å². The van der Waals surface area contributed by atoms with Gasteiger partial charge < -0.3 is 20.1 Å². The molecule has 1 heterocycles. The number of ether oxygens (including phenoxy) is 2. The van der Waals surface area contributed by atoms with Gasteiger partial charge in [0.25, 0.3) is 0 Å². The summed E-state index contributed by atoms with van der Waals surface area (Å²) in [7, 11) is 0. The van der Waals surface area contributed by atoms with Gasteiger partial charge >= 0.3 is 18.0 Å². The molecule has 1 unspecified atom stereocenters. The molecule has 7 nitrogen and oxygen atoms in total. The maximum atomic E-state index is 13.0. The second-order valence-electron chi connectivity index (χ2n) is 7.66. The first-order valence-electron chi connectivity index (χ1n) is 10.3. The molecule has 1 aromatic carbocycles. The molecule has 1 aliphatic heterocycles. The van der Waals surface area contributed by atoms with Crippen molar-refractivity contribution in [2.75, 3.05) is 6.61 Å². The van der Waals surface area contributed by atoms with Crippen LogP contribution >= 0.6 is 11.6 Å². The van der Waals surface area contributed by atoms with Crippen LogP contribution in [0.25, 0.3) is 0 Å². The fourth-order valence-corrected chi connectivity index (χ4v) is 4.17. The Morgan fingerprint density at radius 1 is 1.20 bits per heavy atom. The third-order valence-corrected chi connectivity index (χ3v) is 5.74. The summed E-state index contributed by atoms with van der Waals surface area (Å²) in [5, 5.41) is 5.70. The SMILES string of the molecule is CCC1=C(C(=O)OCC2CCCCC2)C(c2ccc(OC(C)=O)c(Cl)c2)NC(=O)N1. The lowest BCUT2D eigenvalue weighted by Crippen LogP contribution is -2.46. The second kappa shape index (κ2) is 9.98. The van der Waals surface area contributed by atoms with Crippen LogP contribution in [0, 0.1) is 5.92 Å². The maximum absolute atomic E-state index is 13.0. The number of esters is 2. The van der Waals surface area contributed by atoms with E-state index in [0.717, 1.165) is 12.8 Å². The van der Waals surface area contributed by atoms with Crippen LogP contribution in [0.1, 0.15) is 64.0 Å². The summed E-state index contributed by atoms with van der Waals surface area (Å²) in [5.41, 5.74) is 1.49. The van der Waals surface area contributed by atoms with Crippen molar-refractivity contribution in [1.29, 1.82) is 0 Å². The smallest absolute Gasteiger partial charge is 0.338 e. The minimum absolute atomic E-state index is 0.212. The molecular weight excluding hydrogens is 408 g/mol. The normalized spacial score (nSPS) is 19.7. The summed E-state index contributed by atoms with van der Waals surface area (Å²) in [5.74, 6) is -0.334. The van der Waals surface area contributed by atoms with E-state index in [0.29, 0.717) is 35.8 Å². The molecule has 2 N–H and O–H groups in total. The number of carbonyl (C=O) groups is 3. The van der Waals surface area contributed by atoms with E-state index in [-0.39, 0.29) is 10.8 Å². The van der Waals surface area contributed by atoms with Gasteiger partial charge in [-0.2, -0.15) is 0 Å². The van der Waals surface area contributed by atoms with E-state index in [1.54, 1.807) is 18.2 Å². The van der Waals surface area contributed by atoms with Crippen molar-refractivity contribution in [1.82, 2.24) is 10.6 Å². The van der Waals surface area contributed by atoms with Gasteiger partial charge in [-0.3, -0.25) is 4.79 Å². The number of hydrogen-bond donors (Lipinski definition) is 2. The van der Waals surface area contributed by atoms with E-state index in [4.69, 9.17) is 21.1 Å². The Bertz CT molecular complexity index is 861. The number of nitrogens with one attached hydrogen (secondary N) is 2. The summed E-state index contributed by atoms with van der Waals surface area (Å²) in [6.07, 6.45) is 6.17. The van der Waals surface area contributed by atoms with Crippen LogP contribution in [0.5, 0.6) is 5.75 Å². The number of amides is 2. The standard InChI is InChI=1S/C22H27ClN2O5/c1-3-17-19(21(27)29-12-14-7-5-4-6-8-14)20(25-22(28)24-17)15-9-10-18(16(23)11-15)30-13(2)26/h9-11,14,20H,3-8,12H2,1-2H3,(H2,24,25,28). The van der Waals surface area contributed by atoms with Crippen molar-refractivity contribution in [3.05, 3.63) is 40.1 Å². The molecule has 1 aliphatic carbocycles. The monoisotopic (exact) mass is 434 g/mol. The molecule has 2 amide bonds. The lowest BCUT2D eigenvalue weighted by molar-refractivity contribution is -0.141. The van der Waals surface area contributed by atoms with Gasteiger partial charge in [0, 0.05) is 12.6 Å². The zero-order valence-corrected chi connectivity index (χ0v) is 18.0. The Morgan fingerprint density at radius 2 is 1.93 bits per heavy atom. The van der Waals surface area contributed by atoms with E-state index in [1.807, 2.05) is 6.92 Å². The number of benzene rings is 1. The maximum Gasteiger partial charge on any atom is 0.338 e. The van der Waals surface area contributed by atoms with Gasteiger partial charge in [0.05, 0.1) is 23.2 Å². The van der Waals surface area contributed by atoms with Crippen molar-refractivity contribution in [3.63, 3.8) is 0 Å². The largest absolute Gasteiger partial charge is 0.462 e. The highest BCUT2D eigenvalue weighted by molar-refractivity contribution is 6.32. The number of halogens is 1. The number of hydrogen-bond acceptors (Lipinski definition) is 5. The highest BCUT2D eigenvalue weighted by Crippen LogP contribution is 2.34. The molecule has 2 aliphatic rings. The fourth-order valence-electron chi connectivity index (χ4n) is 3.95. The summed E-state index contributed by atoms with van der Waals surface area (Å²) < 4.78 is 10.7. The van der Waals surface area contributed by atoms with Crippen LogP contribution in [-0.4, -0.2) is 24.6 Å². The predicted octanol–water partition coefficient (Wildman–Crippen LogP) is 4.41. The van der Waals surface area contributed by atoms with Crippen LogP contribution in [0.4, 0.5) is 4.79 Å². The lowest BCUT2D eigenvalue weighted by Gasteiger charge is -2.30. The average molecular weight is 435 g/mol. The summed E-state index contributed by atoms with van der Waals surface area (Å²) in [4.78, 5) is 36.4. The highest BCUT2D eigenvalue weighted by atomic mass is 35.5. The molecule has 0 bridgehead atoms. The third-order valence-electron chi connectivity index (χ3n) is 5.44. The average Bonchev–Trinajstić information content (AvgIpc) is 2.73. The van der Waals surface area contributed by atoms with Crippen molar-refractivity contribution in [2.45, 2.75) is 58.4 Å². The van der Waals surface area contributed by atoms with Crippen LogP contribution < -0.4 is 15.4 Å². The molecule has 8 heteroatoms. The van der Waals surface area contributed by atoms with E-state index >= 15 is 0 Å². The Labute approximate surface area is 181 Å². The topological polar surface area (TPSA) is 93.7 Å². The number of rotatable bonds is 6. The van der Waals surface area contributed by atoms with Gasteiger partial charge in [0.1, 0.15) is 5.75 Å². The Morgan fingerprint density at radius 3 is 2.57 bits per heavy atom. The van der Waals surface area contributed by atoms with E-state index in [2.05, 4.69) is 10.6 Å². The molecule has 1 atom stereocenters. The van der Waals surface area contributed by atoms with Crippen LogP contribution in [0.15, 0.2) is 29.5 Å². The minimum Gasteiger partial charge on any atom is -0.462 e. The van der Waals surface area contributed by atoms with Gasteiger partial charge in [-0.25, -0.2) is 9.59 Å². The molecule has 1 aromatic rings. The Balaban J connectivity index is 1.85. The third kappa shape index (κ3) is 5.33. The van der Waals surface area contributed by atoms with Gasteiger partial charge in [0.15, 0.2) is 0 Å². The molecule has 30 heavy (non-hydrogen) atoms. The molecule has 162 valence electrons. The molecule has 1 fully saturated rings. The zero-order chi connectivity index (χ0) is 21.7. The summed E-state index contributed by atoms with van der Waals surface area (Å²) in [6, 6.07) is 3.68. The molecule has 3 rings (SSSR count). The molecule has 0 radical (unpaired) electrons. The highest BCUT2D eigenvalue weighted by Gasteiger charge is 2.34. The second-order valence-corrected chi connectivity index (χ2v) is 8.07. The minimum atomic E-state index is -0.712. The van der Waals surface area contributed by atoms with Gasteiger partial charge in [-0.05, 0) is 42.9 Å². The molecule has 0 saturated heterocycles. The van der Waals surface area contributed by atoms with Crippen molar-refractivity contribution < 1.29 is 23.9 Å². The zero-order valence-electron chi connectivity index (χ0n) is 17.3. The number of carbonyl (C=O) groups excluding carboxylic acids is 3. The first-order valence-corrected chi connectivity index (χ1v) is 10.7. The van der Waals surface area contributed by atoms with Crippen molar-refractivity contribution in [3.8, 4) is 5.75 Å². The van der Waals surface area contributed by atoms with E-state index in [9.17, 15) is 14.4 Å². The number of urea groups is 1. The Hall–Kier alpha value is -2.54. The van der Waals surface area contributed by atoms with Gasteiger partial charge in [0.2, 0.25) is 0 Å². The van der Waals surface area contributed by atoms with E-state index in [1.165, 1.54) is 26.2 Å². The quantitative estimate of drug-likeness (QED) is 0.511.